The van der Waals surface area contributed by atoms with Gasteiger partial charge in [-0.1, -0.05) is 0 Å². The van der Waals surface area contributed by atoms with Crippen LogP contribution in [0.1, 0.15) is 38.5 Å². The standard InChI is InChI=1S/C14H22N2O4/c17-12-7-10-1-2-11(8-12)16(10)14(20)15-5-3-9(4-6-15)13(18)19/h9-12,17H,1-8H2,(H,18,19). The average molecular weight is 282 g/mol. The van der Waals surface area contributed by atoms with Gasteiger partial charge in [0, 0.05) is 25.2 Å². The molecule has 2 amide bonds. The molecule has 112 valence electrons. The maximum Gasteiger partial charge on any atom is 0.320 e. The molecule has 0 aromatic rings. The van der Waals surface area contributed by atoms with Gasteiger partial charge in [-0.3, -0.25) is 4.79 Å². The minimum atomic E-state index is -0.752. The minimum Gasteiger partial charge on any atom is -0.481 e. The molecule has 2 N–H and O–H groups in total. The first-order valence-corrected chi connectivity index (χ1v) is 7.54. The number of aliphatic carboxylic acids is 1. The molecule has 2 atom stereocenters. The maximum absolute atomic E-state index is 12.6. The van der Waals surface area contributed by atoms with Crippen LogP contribution in [-0.2, 0) is 4.79 Å². The molecule has 0 saturated carbocycles. The van der Waals surface area contributed by atoms with Gasteiger partial charge in [-0.2, -0.15) is 0 Å². The van der Waals surface area contributed by atoms with E-state index >= 15 is 0 Å². The Kier molecular flexibility index (Phi) is 3.58. The quantitative estimate of drug-likeness (QED) is 0.748. The van der Waals surface area contributed by atoms with Crippen LogP contribution in [0.15, 0.2) is 0 Å². The lowest BCUT2D eigenvalue weighted by molar-refractivity contribution is -0.143. The molecule has 20 heavy (non-hydrogen) atoms. The van der Waals surface area contributed by atoms with Gasteiger partial charge in [-0.05, 0) is 38.5 Å². The number of hydrogen-bond donors (Lipinski definition) is 2. The normalized spacial score (nSPS) is 34.4. The van der Waals surface area contributed by atoms with E-state index in [2.05, 4.69) is 0 Å². The number of fused-ring (bicyclic) bond motifs is 2. The fraction of sp³-hybridized carbons (Fsp3) is 0.857. The van der Waals surface area contributed by atoms with Crippen molar-refractivity contribution >= 4 is 12.0 Å². The average Bonchev–Trinajstić information content (AvgIpc) is 2.70. The van der Waals surface area contributed by atoms with Crippen LogP contribution < -0.4 is 0 Å². The molecular weight excluding hydrogens is 260 g/mol. The molecule has 6 heteroatoms. The molecular formula is C14H22N2O4. The second kappa shape index (κ2) is 5.24. The monoisotopic (exact) mass is 282 g/mol. The highest BCUT2D eigenvalue weighted by atomic mass is 16.4. The van der Waals surface area contributed by atoms with Gasteiger partial charge in [0.2, 0.25) is 0 Å². The summed E-state index contributed by atoms with van der Waals surface area (Å²) in [7, 11) is 0. The lowest BCUT2D eigenvalue weighted by Gasteiger charge is -2.41. The topological polar surface area (TPSA) is 81.1 Å². The highest BCUT2D eigenvalue weighted by molar-refractivity contribution is 5.76. The zero-order valence-electron chi connectivity index (χ0n) is 11.6. The van der Waals surface area contributed by atoms with Crippen LogP contribution in [0.5, 0.6) is 0 Å². The molecule has 6 nitrogen and oxygen atoms in total. The highest BCUT2D eigenvalue weighted by Crippen LogP contribution is 2.36. The molecule has 0 spiro atoms. The maximum atomic E-state index is 12.6. The lowest BCUT2D eigenvalue weighted by Crippen LogP contribution is -2.54. The van der Waals surface area contributed by atoms with Crippen molar-refractivity contribution in [2.24, 2.45) is 5.92 Å². The molecule has 0 aliphatic carbocycles. The number of carboxylic acid groups (broad SMARTS) is 1. The van der Waals surface area contributed by atoms with Crippen molar-refractivity contribution in [2.75, 3.05) is 13.1 Å². The first kappa shape index (κ1) is 13.7. The Bertz CT molecular complexity index is 392. The summed E-state index contributed by atoms with van der Waals surface area (Å²) >= 11 is 0. The lowest BCUT2D eigenvalue weighted by atomic mass is 9.96. The Morgan fingerprint density at radius 3 is 2.00 bits per heavy atom. The molecule has 3 saturated heterocycles. The van der Waals surface area contributed by atoms with Gasteiger partial charge in [0.15, 0.2) is 0 Å². The fourth-order valence-corrected chi connectivity index (χ4v) is 3.94. The summed E-state index contributed by atoms with van der Waals surface area (Å²) in [4.78, 5) is 27.3. The van der Waals surface area contributed by atoms with Crippen molar-refractivity contribution < 1.29 is 19.8 Å². The zero-order valence-corrected chi connectivity index (χ0v) is 11.6. The molecule has 2 bridgehead atoms. The summed E-state index contributed by atoms with van der Waals surface area (Å²) in [5, 5.41) is 18.8. The van der Waals surface area contributed by atoms with Crippen molar-refractivity contribution in [3.05, 3.63) is 0 Å². The van der Waals surface area contributed by atoms with Crippen molar-refractivity contribution in [1.29, 1.82) is 0 Å². The Morgan fingerprint density at radius 2 is 1.50 bits per heavy atom. The van der Waals surface area contributed by atoms with E-state index in [1.54, 1.807) is 4.90 Å². The van der Waals surface area contributed by atoms with Crippen molar-refractivity contribution in [3.8, 4) is 0 Å². The molecule has 0 radical (unpaired) electrons. The van der Waals surface area contributed by atoms with E-state index in [1.165, 1.54) is 0 Å². The number of carboxylic acids is 1. The third kappa shape index (κ3) is 2.37. The molecule has 3 aliphatic rings. The van der Waals surface area contributed by atoms with Gasteiger partial charge >= 0.3 is 12.0 Å². The summed E-state index contributed by atoms with van der Waals surface area (Å²) < 4.78 is 0. The molecule has 0 aromatic heterocycles. The van der Waals surface area contributed by atoms with E-state index in [0.717, 1.165) is 12.8 Å². The van der Waals surface area contributed by atoms with E-state index in [1.807, 2.05) is 4.90 Å². The van der Waals surface area contributed by atoms with Gasteiger partial charge in [-0.25, -0.2) is 4.79 Å². The zero-order chi connectivity index (χ0) is 14.3. The Hall–Kier alpha value is -1.30. The van der Waals surface area contributed by atoms with Crippen molar-refractivity contribution in [1.82, 2.24) is 9.80 Å². The second-order valence-corrected chi connectivity index (χ2v) is 6.30. The smallest absolute Gasteiger partial charge is 0.320 e. The molecule has 3 fully saturated rings. The van der Waals surface area contributed by atoms with Gasteiger partial charge in [0.05, 0.1) is 12.0 Å². The second-order valence-electron chi connectivity index (χ2n) is 6.30. The van der Waals surface area contributed by atoms with Crippen LogP contribution in [0.3, 0.4) is 0 Å². The molecule has 3 rings (SSSR count). The van der Waals surface area contributed by atoms with E-state index in [4.69, 9.17) is 5.11 Å². The molecule has 3 aliphatic heterocycles. The van der Waals surface area contributed by atoms with Gasteiger partial charge in [0.25, 0.3) is 0 Å². The predicted octanol–water partition coefficient (Wildman–Crippen LogP) is 0.891. The van der Waals surface area contributed by atoms with Crippen LogP contribution in [0.2, 0.25) is 0 Å². The summed E-state index contributed by atoms with van der Waals surface area (Å²) in [6.07, 6.45) is 4.17. The first-order chi connectivity index (χ1) is 9.56. The molecule has 3 heterocycles. The predicted molar refractivity (Wildman–Crippen MR) is 71.2 cm³/mol. The van der Waals surface area contributed by atoms with E-state index in [0.29, 0.717) is 38.8 Å². The third-order valence-electron chi connectivity index (χ3n) is 5.04. The number of carbonyl (C=O) groups is 2. The molecule has 0 aromatic carbocycles. The van der Waals surface area contributed by atoms with Crippen LogP contribution >= 0.6 is 0 Å². The summed E-state index contributed by atoms with van der Waals surface area (Å²) in [5.41, 5.74) is 0. The van der Waals surface area contributed by atoms with E-state index in [-0.39, 0.29) is 30.1 Å². The summed E-state index contributed by atoms with van der Waals surface area (Å²) in [6.45, 7) is 1.07. The summed E-state index contributed by atoms with van der Waals surface area (Å²) in [6, 6.07) is 0.398. The highest BCUT2D eigenvalue weighted by Gasteiger charge is 2.44. The van der Waals surface area contributed by atoms with Crippen LogP contribution in [-0.4, -0.2) is 63.3 Å². The molecule has 2 unspecified atom stereocenters. The Labute approximate surface area is 118 Å². The van der Waals surface area contributed by atoms with Gasteiger partial charge < -0.3 is 20.0 Å². The number of aliphatic hydroxyl groups excluding tert-OH is 1. The summed E-state index contributed by atoms with van der Waals surface area (Å²) in [5.74, 6) is -1.06. The van der Waals surface area contributed by atoms with Crippen molar-refractivity contribution in [3.63, 3.8) is 0 Å². The van der Waals surface area contributed by atoms with Crippen LogP contribution in [0, 0.1) is 5.92 Å². The number of hydrogen-bond acceptors (Lipinski definition) is 3. The first-order valence-electron chi connectivity index (χ1n) is 7.54. The third-order valence-corrected chi connectivity index (χ3v) is 5.04. The van der Waals surface area contributed by atoms with Crippen LogP contribution in [0.4, 0.5) is 4.79 Å². The Balaban J connectivity index is 1.62. The number of piperidine rings is 2. The van der Waals surface area contributed by atoms with Gasteiger partial charge in [0.1, 0.15) is 0 Å². The number of carbonyl (C=O) groups excluding carboxylic acids is 1. The fourth-order valence-electron chi connectivity index (χ4n) is 3.94. The minimum absolute atomic E-state index is 0.0493. The number of aliphatic hydroxyl groups is 1. The van der Waals surface area contributed by atoms with E-state index < -0.39 is 5.97 Å². The van der Waals surface area contributed by atoms with Gasteiger partial charge in [-0.15, -0.1) is 0 Å². The SMILES string of the molecule is O=C(O)C1CCN(C(=O)N2C3CCC2CC(O)C3)CC1. The number of amides is 2. The van der Waals surface area contributed by atoms with E-state index in [9.17, 15) is 14.7 Å². The number of rotatable bonds is 1. The number of nitrogens with zero attached hydrogens (tertiary/aromatic N) is 2. The van der Waals surface area contributed by atoms with Crippen molar-refractivity contribution in [2.45, 2.75) is 56.7 Å². The number of likely N-dealkylation sites (tertiary alicyclic amines) is 1. The Morgan fingerprint density at radius 1 is 0.950 bits per heavy atom. The van der Waals surface area contributed by atoms with Crippen LogP contribution in [0.25, 0.3) is 0 Å². The largest absolute Gasteiger partial charge is 0.481 e. The number of urea groups is 1.